The molecule has 1 N–H and O–H groups in total. The molecule has 1 saturated heterocycles. The van der Waals surface area contributed by atoms with Crippen LogP contribution in [0.1, 0.15) is 26.2 Å². The molecule has 1 aliphatic heterocycles. The molecule has 0 saturated carbocycles. The fourth-order valence-corrected chi connectivity index (χ4v) is 3.20. The Morgan fingerprint density at radius 2 is 2.00 bits per heavy atom. The average molecular weight is 299 g/mol. The molecule has 1 aliphatic rings. The van der Waals surface area contributed by atoms with Crippen LogP contribution in [0.15, 0.2) is 42.5 Å². The Labute approximate surface area is 132 Å². The summed E-state index contributed by atoms with van der Waals surface area (Å²) >= 11 is 0. The summed E-state index contributed by atoms with van der Waals surface area (Å²) in [4.78, 5) is 2.37. The van der Waals surface area contributed by atoms with E-state index in [4.69, 9.17) is 4.74 Å². The number of fused-ring (bicyclic) bond motifs is 1. The first-order valence-electron chi connectivity index (χ1n) is 8.26. The highest BCUT2D eigenvalue weighted by molar-refractivity contribution is 5.83. The number of likely N-dealkylation sites (tertiary alicyclic amines) is 1. The first-order valence-corrected chi connectivity index (χ1v) is 8.26. The summed E-state index contributed by atoms with van der Waals surface area (Å²) < 4.78 is 5.78. The second kappa shape index (κ2) is 7.12. The number of ether oxygens (including phenoxy) is 1. The first-order chi connectivity index (χ1) is 10.7. The SMILES string of the molecule is CC1CCCCN1CC(O)COc1ccc2ccccc2c1. The number of aliphatic hydroxyl groups is 1. The molecule has 2 aromatic carbocycles. The van der Waals surface area contributed by atoms with Crippen molar-refractivity contribution < 1.29 is 9.84 Å². The summed E-state index contributed by atoms with van der Waals surface area (Å²) in [5.41, 5.74) is 0. The van der Waals surface area contributed by atoms with E-state index in [-0.39, 0.29) is 0 Å². The molecule has 0 aromatic heterocycles. The van der Waals surface area contributed by atoms with Crippen molar-refractivity contribution in [3.05, 3.63) is 42.5 Å². The van der Waals surface area contributed by atoms with Gasteiger partial charge >= 0.3 is 0 Å². The molecular weight excluding hydrogens is 274 g/mol. The van der Waals surface area contributed by atoms with Gasteiger partial charge in [0.05, 0.1) is 0 Å². The molecule has 1 fully saturated rings. The Morgan fingerprint density at radius 3 is 2.82 bits per heavy atom. The molecule has 1 heterocycles. The Bertz CT molecular complexity index is 613. The fraction of sp³-hybridized carbons (Fsp3) is 0.474. The van der Waals surface area contributed by atoms with Gasteiger partial charge < -0.3 is 9.84 Å². The van der Waals surface area contributed by atoms with Gasteiger partial charge in [0.25, 0.3) is 0 Å². The van der Waals surface area contributed by atoms with Crippen molar-refractivity contribution in [2.45, 2.75) is 38.3 Å². The van der Waals surface area contributed by atoms with Gasteiger partial charge in [-0.05, 0) is 49.2 Å². The van der Waals surface area contributed by atoms with E-state index in [1.54, 1.807) is 0 Å². The standard InChI is InChI=1S/C19H25NO2/c1-15-6-4-5-11-20(15)13-18(21)14-22-19-10-9-16-7-2-3-8-17(16)12-19/h2-3,7-10,12,15,18,21H,4-6,11,13-14H2,1H3. The Hall–Kier alpha value is -1.58. The summed E-state index contributed by atoms with van der Waals surface area (Å²) in [6.07, 6.45) is 3.34. The van der Waals surface area contributed by atoms with Crippen LogP contribution in [-0.2, 0) is 0 Å². The Morgan fingerprint density at radius 1 is 1.18 bits per heavy atom. The van der Waals surface area contributed by atoms with Gasteiger partial charge in [0.2, 0.25) is 0 Å². The molecule has 3 rings (SSSR count). The molecule has 0 amide bonds. The van der Waals surface area contributed by atoms with E-state index in [0.29, 0.717) is 19.2 Å². The van der Waals surface area contributed by atoms with Crippen LogP contribution in [0.4, 0.5) is 0 Å². The molecule has 2 unspecified atom stereocenters. The quantitative estimate of drug-likeness (QED) is 0.918. The molecule has 3 nitrogen and oxygen atoms in total. The van der Waals surface area contributed by atoms with Crippen LogP contribution in [0.2, 0.25) is 0 Å². The van der Waals surface area contributed by atoms with E-state index in [2.05, 4.69) is 30.0 Å². The molecule has 0 aliphatic carbocycles. The topological polar surface area (TPSA) is 32.7 Å². The third-order valence-electron chi connectivity index (χ3n) is 4.55. The van der Waals surface area contributed by atoms with Crippen molar-refractivity contribution in [3.8, 4) is 5.75 Å². The van der Waals surface area contributed by atoms with Crippen molar-refractivity contribution in [2.24, 2.45) is 0 Å². The molecular formula is C19H25NO2. The summed E-state index contributed by atoms with van der Waals surface area (Å²) in [6.45, 7) is 4.39. The van der Waals surface area contributed by atoms with Gasteiger partial charge in [-0.3, -0.25) is 4.90 Å². The lowest BCUT2D eigenvalue weighted by molar-refractivity contribution is 0.0438. The minimum Gasteiger partial charge on any atom is -0.491 e. The normalized spacial score (nSPS) is 20.9. The highest BCUT2D eigenvalue weighted by Gasteiger charge is 2.20. The number of piperidine rings is 1. The monoisotopic (exact) mass is 299 g/mol. The van der Waals surface area contributed by atoms with Gasteiger partial charge in [-0.1, -0.05) is 36.8 Å². The summed E-state index contributed by atoms with van der Waals surface area (Å²) in [7, 11) is 0. The van der Waals surface area contributed by atoms with Crippen LogP contribution in [0.5, 0.6) is 5.75 Å². The molecule has 0 bridgehead atoms. The summed E-state index contributed by atoms with van der Waals surface area (Å²) in [5.74, 6) is 0.824. The summed E-state index contributed by atoms with van der Waals surface area (Å²) in [5, 5.41) is 12.6. The molecule has 0 spiro atoms. The Balaban J connectivity index is 1.54. The van der Waals surface area contributed by atoms with Crippen molar-refractivity contribution in [1.82, 2.24) is 4.90 Å². The number of rotatable bonds is 5. The van der Waals surface area contributed by atoms with Crippen molar-refractivity contribution in [3.63, 3.8) is 0 Å². The van der Waals surface area contributed by atoms with E-state index in [9.17, 15) is 5.11 Å². The minimum absolute atomic E-state index is 0.349. The zero-order valence-corrected chi connectivity index (χ0v) is 13.2. The minimum atomic E-state index is -0.438. The maximum Gasteiger partial charge on any atom is 0.120 e. The van der Waals surface area contributed by atoms with E-state index in [1.807, 2.05) is 24.3 Å². The number of hydrogen-bond acceptors (Lipinski definition) is 3. The molecule has 3 heteroatoms. The zero-order chi connectivity index (χ0) is 15.4. The van der Waals surface area contributed by atoms with Crippen molar-refractivity contribution in [1.29, 1.82) is 0 Å². The predicted molar refractivity (Wildman–Crippen MR) is 90.3 cm³/mol. The highest BCUT2D eigenvalue weighted by Crippen LogP contribution is 2.21. The number of hydrogen-bond donors (Lipinski definition) is 1. The maximum absolute atomic E-state index is 10.2. The van der Waals surface area contributed by atoms with Gasteiger partial charge in [0.15, 0.2) is 0 Å². The lowest BCUT2D eigenvalue weighted by Crippen LogP contribution is -2.43. The van der Waals surface area contributed by atoms with Crippen LogP contribution in [0.3, 0.4) is 0 Å². The molecule has 2 aromatic rings. The fourth-order valence-electron chi connectivity index (χ4n) is 3.20. The van der Waals surface area contributed by atoms with Crippen LogP contribution in [0, 0.1) is 0 Å². The number of aliphatic hydroxyl groups excluding tert-OH is 1. The lowest BCUT2D eigenvalue weighted by Gasteiger charge is -2.34. The molecule has 2 atom stereocenters. The van der Waals surface area contributed by atoms with E-state index in [0.717, 1.165) is 12.3 Å². The van der Waals surface area contributed by atoms with Gasteiger partial charge in [-0.25, -0.2) is 0 Å². The number of benzene rings is 2. The second-order valence-corrected chi connectivity index (χ2v) is 6.31. The third kappa shape index (κ3) is 3.79. The third-order valence-corrected chi connectivity index (χ3v) is 4.55. The predicted octanol–water partition coefficient (Wildman–Crippen LogP) is 3.45. The van der Waals surface area contributed by atoms with Crippen molar-refractivity contribution in [2.75, 3.05) is 19.7 Å². The van der Waals surface area contributed by atoms with Crippen LogP contribution in [-0.4, -0.2) is 41.8 Å². The van der Waals surface area contributed by atoms with Gasteiger partial charge in [-0.15, -0.1) is 0 Å². The van der Waals surface area contributed by atoms with Gasteiger partial charge in [0, 0.05) is 12.6 Å². The van der Waals surface area contributed by atoms with Crippen LogP contribution >= 0.6 is 0 Å². The van der Waals surface area contributed by atoms with E-state index < -0.39 is 6.10 Å². The van der Waals surface area contributed by atoms with Crippen LogP contribution < -0.4 is 4.74 Å². The highest BCUT2D eigenvalue weighted by atomic mass is 16.5. The molecule has 0 radical (unpaired) electrons. The van der Waals surface area contributed by atoms with E-state index >= 15 is 0 Å². The Kier molecular flexibility index (Phi) is 4.96. The van der Waals surface area contributed by atoms with Gasteiger partial charge in [0.1, 0.15) is 18.5 Å². The zero-order valence-electron chi connectivity index (χ0n) is 13.2. The smallest absolute Gasteiger partial charge is 0.120 e. The molecule has 118 valence electrons. The van der Waals surface area contributed by atoms with Gasteiger partial charge in [-0.2, -0.15) is 0 Å². The van der Waals surface area contributed by atoms with Crippen LogP contribution in [0.25, 0.3) is 10.8 Å². The largest absolute Gasteiger partial charge is 0.491 e. The maximum atomic E-state index is 10.2. The molecule has 22 heavy (non-hydrogen) atoms. The van der Waals surface area contributed by atoms with Crippen molar-refractivity contribution >= 4 is 10.8 Å². The summed E-state index contributed by atoms with van der Waals surface area (Å²) in [6, 6.07) is 14.9. The average Bonchev–Trinajstić information content (AvgIpc) is 2.55. The van der Waals surface area contributed by atoms with E-state index in [1.165, 1.54) is 30.0 Å². The lowest BCUT2D eigenvalue weighted by atomic mass is 10.0. The number of β-amino-alcohol motifs (C(OH)–C–C–N with tert-alkyl or cyclic N) is 1. The number of nitrogens with zero attached hydrogens (tertiary/aromatic N) is 1. The second-order valence-electron chi connectivity index (χ2n) is 6.31. The first kappa shape index (κ1) is 15.3.